The molecule has 0 bridgehead atoms. The number of halogens is 3. The number of aromatic amines is 10. The van der Waals surface area contributed by atoms with Crippen LogP contribution in [0.25, 0.3) is 52.7 Å². The Bertz CT molecular complexity index is 7810. The summed E-state index contributed by atoms with van der Waals surface area (Å²) in [6, 6.07) is 34.7. The molecule has 15 rings (SSSR count). The molecule has 46 nitrogen and oxygen atoms in total. The Morgan fingerprint density at radius 3 is 1.03 bits per heavy atom. The van der Waals surface area contributed by atoms with E-state index in [0.717, 1.165) is 17.5 Å². The highest BCUT2D eigenvalue weighted by Gasteiger charge is 2.32. The van der Waals surface area contributed by atoms with E-state index in [9.17, 15) is 29.1 Å². The van der Waals surface area contributed by atoms with Gasteiger partial charge in [0.15, 0.2) is 5.69 Å². The molecule has 5 aromatic carbocycles. The van der Waals surface area contributed by atoms with Gasteiger partial charge in [-0.05, 0) is 133 Å². The predicted molar refractivity (Wildman–Crippen MR) is 542 cm³/mol. The number of aliphatic hydroxyl groups is 2. The maximum Gasteiger partial charge on any atom is 0.303 e. The van der Waals surface area contributed by atoms with E-state index in [1.165, 1.54) is 49.8 Å². The van der Waals surface area contributed by atoms with Crippen molar-refractivity contribution in [1.82, 2.24) is 99.9 Å². The minimum Gasteiger partial charge on any atom is -0.480 e. The van der Waals surface area contributed by atoms with Crippen LogP contribution in [0.1, 0.15) is 175 Å². The third kappa shape index (κ3) is 24.2. The van der Waals surface area contributed by atoms with Crippen molar-refractivity contribution in [2.75, 3.05) is 20.8 Å². The van der Waals surface area contributed by atoms with Gasteiger partial charge < -0.3 is 29.2 Å². The van der Waals surface area contributed by atoms with E-state index < -0.39 is 27.8 Å². The topological polar surface area (TPSA) is 555 Å². The van der Waals surface area contributed by atoms with Gasteiger partial charge in [-0.25, -0.2) is 47.6 Å². The van der Waals surface area contributed by atoms with E-state index in [-0.39, 0.29) is 166 Å². The number of para-hydroxylation sites is 2. The predicted octanol–water partition coefficient (Wildman–Crippen LogP) is 23.4. The van der Waals surface area contributed by atoms with Crippen LogP contribution in [0.2, 0.25) is 15.1 Å². The van der Waals surface area contributed by atoms with Crippen molar-refractivity contribution in [3.63, 3.8) is 0 Å². The molecule has 0 aliphatic carbocycles. The van der Waals surface area contributed by atoms with Crippen LogP contribution in [-0.4, -0.2) is 137 Å². The summed E-state index contributed by atoms with van der Waals surface area (Å²) in [5, 5.41) is 108. The fourth-order valence-electron chi connectivity index (χ4n) is 13.4. The number of aryl methyl sites for hydroxylation is 1. The minimum absolute atomic E-state index is 0.00147. The highest BCUT2D eigenvalue weighted by molar-refractivity contribution is 6.40. The van der Waals surface area contributed by atoms with Gasteiger partial charge in [0, 0.05) is 27.8 Å². The number of H-pyrrole nitrogens is 10. The van der Waals surface area contributed by atoms with Crippen molar-refractivity contribution in [1.29, 1.82) is 0 Å². The maximum absolute atomic E-state index is 12.9. The molecule has 0 saturated heterocycles. The van der Waals surface area contributed by atoms with Gasteiger partial charge in [0.25, 0.3) is 34.0 Å². The van der Waals surface area contributed by atoms with E-state index in [1.54, 1.807) is 86.6 Å². The number of benzene rings is 5. The van der Waals surface area contributed by atoms with E-state index in [0.29, 0.717) is 74.2 Å². The van der Waals surface area contributed by atoms with Crippen molar-refractivity contribution in [3.05, 3.63) is 291 Å². The summed E-state index contributed by atoms with van der Waals surface area (Å²) in [5.41, 5.74) is 5.73. The highest BCUT2D eigenvalue weighted by Crippen LogP contribution is 2.45. The van der Waals surface area contributed by atoms with Gasteiger partial charge >= 0.3 is 22.2 Å². The van der Waals surface area contributed by atoms with E-state index in [4.69, 9.17) is 91.7 Å². The lowest BCUT2D eigenvalue weighted by atomic mass is 9.86. The smallest absolute Gasteiger partial charge is 0.303 e. The number of hydrogen-bond donors (Lipinski definition) is 12. The Balaban J connectivity index is 0.000000172. The van der Waals surface area contributed by atoms with Crippen molar-refractivity contribution < 1.29 is 29.2 Å². The molecule has 0 saturated carbocycles. The van der Waals surface area contributed by atoms with Crippen molar-refractivity contribution >= 4 is 121 Å². The van der Waals surface area contributed by atoms with Gasteiger partial charge in [-0.15, -0.1) is 51.1 Å². The maximum atomic E-state index is 12.9. The van der Waals surface area contributed by atoms with Crippen LogP contribution in [0.5, 0.6) is 23.5 Å². The number of nitrogens with zero attached hydrogens (tertiary/aromatic N) is 25. The van der Waals surface area contributed by atoms with Crippen molar-refractivity contribution in [3.8, 4) is 52.0 Å². The second-order valence-corrected chi connectivity index (χ2v) is 36.8. The molecule has 0 atom stereocenters. The molecule has 15 aromatic rings. The molecule has 144 heavy (non-hydrogen) atoms. The summed E-state index contributed by atoms with van der Waals surface area (Å²) in [6.45, 7) is 72.0. The summed E-state index contributed by atoms with van der Waals surface area (Å²) in [4.78, 5) is 81.8. The minimum atomic E-state index is -0.506. The molecule has 0 aliphatic rings. The standard InChI is InChI=1S/C20H23N7O3.C20H23N7O2.C19H21N7O2.C18H16Cl3N7O.C18H19N7O3/c1-6-30-18-15(19(29)27(26-18)13-9-7-12(11-28)8-10-13)22-24-17-14(21-5)16(23-25-17)20(2,3)4;1-12(2)29-18-15(19(28)27(26-18)13-10-8-7-9-11-13)22-24-17-14(21-6)16(23-25-17)20(3,4)5;1-6-19(2,3)15-13(20-4)16(24-22-15)23-21-14-17(28-5)25-26(18(14)27)12-10-8-7-9-11-12;1-8-12(23-25-16-13(22-5)15(24-26-16)18(2,3)4)17(29)28(27-8)14-10(20)6-9(19)7-11(14)21;1-10(2)13-14(19-3)16(22-20-13)23-21-15-17(28-4)24-25(18(15)27)12-7-5-11(9-26)6-8-12/h7-10,26,28H,6,11H2,1-4H3,(H,23,25);7-12,26H,1-5H3,(H,23,25);7-11,25H,6H2,1-3,5H3,(H,22,24);6-7,27H,1-4H3,(H,24,26);5-8,10,24,26H,9H2,1-2,4H3,(H,20,22). The Labute approximate surface area is 837 Å². The molecular formula is C95H102Cl3N35O11. The summed E-state index contributed by atoms with van der Waals surface area (Å²) in [6.07, 6.45) is 0.643. The molecule has 10 aromatic heterocycles. The first kappa shape index (κ1) is 107. The summed E-state index contributed by atoms with van der Waals surface area (Å²) >= 11 is 18.4. The molecule has 49 heteroatoms. The molecule has 0 amide bonds. The van der Waals surface area contributed by atoms with Crippen LogP contribution < -0.4 is 46.7 Å². The third-order valence-electron chi connectivity index (χ3n) is 21.2. The van der Waals surface area contributed by atoms with E-state index in [2.05, 4.69) is 152 Å². The summed E-state index contributed by atoms with van der Waals surface area (Å²) in [7, 11) is 2.83. The first-order valence-electron chi connectivity index (χ1n) is 44.1. The van der Waals surface area contributed by atoms with Gasteiger partial charge in [0.2, 0.25) is 75.4 Å². The second-order valence-electron chi connectivity index (χ2n) is 35.6. The Morgan fingerprint density at radius 2 is 0.701 bits per heavy atom. The third-order valence-corrected chi connectivity index (χ3v) is 22.0. The lowest BCUT2D eigenvalue weighted by Gasteiger charge is -2.21. The highest BCUT2D eigenvalue weighted by atomic mass is 35.5. The van der Waals surface area contributed by atoms with Crippen LogP contribution >= 0.6 is 34.8 Å². The Morgan fingerprint density at radius 1 is 0.396 bits per heavy atom. The zero-order chi connectivity index (χ0) is 105. The van der Waals surface area contributed by atoms with Gasteiger partial charge in [0.1, 0.15) is 5.69 Å². The van der Waals surface area contributed by atoms with Crippen LogP contribution in [0.15, 0.2) is 196 Å². The number of hydrogen-bond acceptors (Lipinski definition) is 26. The molecular weight excluding hydrogens is 1910 g/mol. The SMILES string of the molecule is [C-]#[N+]c1c(N=Nc2c(C)[nH]n(-c3c(Cl)cc(Cl)cc3Cl)c2=O)n[nH]c1C(C)(C)C.[C-]#[N+]c1c(N=Nc2c(OC(C)C)[nH]n(-c3ccccc3)c2=O)n[nH]c1C(C)(C)C.[C-]#[N+]c1c(N=Nc2c(OC)[nH]n(-c3ccc(CO)cc3)c2=O)n[nH]c1C(C)C.[C-]#[N+]c1c(N=Nc2c(OC)[nH]n(-c3ccccc3)c2=O)n[nH]c1C(C)(C)CC.[C-]#[N+]c1c(N=Nc2c(OCC)[nH]n(-c3ccc(CO)cc3)c2=O)n[nH]c1C(C)(C)C. The first-order valence-corrected chi connectivity index (χ1v) is 45.3. The van der Waals surface area contributed by atoms with Crippen LogP contribution in [0.3, 0.4) is 0 Å². The molecule has 12 N–H and O–H groups in total. The van der Waals surface area contributed by atoms with E-state index in [1.807, 2.05) is 147 Å². The zero-order valence-corrected chi connectivity index (χ0v) is 84.2. The lowest BCUT2D eigenvalue weighted by Crippen LogP contribution is -2.16. The van der Waals surface area contributed by atoms with Gasteiger partial charge in [-0.1, -0.05) is 192 Å². The molecule has 0 unspecified atom stereocenters. The number of ether oxygens (including phenoxy) is 4. The van der Waals surface area contributed by atoms with Crippen LogP contribution in [-0.2, 0) is 34.9 Å². The van der Waals surface area contributed by atoms with Crippen molar-refractivity contribution in [2.45, 2.75) is 178 Å². The molecule has 0 aliphatic heterocycles. The van der Waals surface area contributed by atoms with Crippen LogP contribution in [0.4, 0.5) is 86.0 Å². The van der Waals surface area contributed by atoms with E-state index >= 15 is 0 Å². The number of azo groups is 5. The summed E-state index contributed by atoms with van der Waals surface area (Å²) in [5.74, 6) is 1.34. The van der Waals surface area contributed by atoms with Crippen LogP contribution in [0, 0.1) is 39.8 Å². The lowest BCUT2D eigenvalue weighted by molar-refractivity contribution is 0.232. The second kappa shape index (κ2) is 46.2. The number of rotatable bonds is 26. The number of aromatic nitrogens is 20. The Hall–Kier alpha value is -17.4. The van der Waals surface area contributed by atoms with Gasteiger partial charge in [0.05, 0.1) is 117 Å². The first-order chi connectivity index (χ1) is 68.5. The average molecular weight is 2020 g/mol. The number of nitrogens with one attached hydrogen (secondary N) is 10. The average Bonchev–Trinajstić information content (AvgIpc) is 1.66. The largest absolute Gasteiger partial charge is 0.480 e. The quantitative estimate of drug-likeness (QED) is 0.0177. The fourth-order valence-corrected chi connectivity index (χ4v) is 14.4. The van der Waals surface area contributed by atoms with Gasteiger partial charge in [-0.2, -0.15) is 25.5 Å². The molecule has 0 fully saturated rings. The van der Waals surface area contributed by atoms with Crippen molar-refractivity contribution in [2.24, 2.45) is 51.1 Å². The number of aliphatic hydroxyl groups excluding tert-OH is 2. The Kier molecular flexibility index (Phi) is 34.3. The fraction of sp³-hybridized carbons (Fsp3) is 0.316. The summed E-state index contributed by atoms with van der Waals surface area (Å²) < 4.78 is 28.0. The molecule has 0 radical (unpaired) electrons. The number of methoxy groups -OCH3 is 2. The van der Waals surface area contributed by atoms with Gasteiger partial charge in [-0.3, -0.25) is 75.0 Å². The normalized spacial score (nSPS) is 11.7. The monoisotopic (exact) mass is 2010 g/mol. The molecule has 744 valence electrons. The molecule has 10 heterocycles. The zero-order valence-electron chi connectivity index (χ0n) is 81.9. The molecule has 0 spiro atoms.